The summed E-state index contributed by atoms with van der Waals surface area (Å²) in [5, 5.41) is 3.26. The molecule has 1 fully saturated rings. The Morgan fingerprint density at radius 2 is 2.05 bits per heavy atom. The van der Waals surface area contributed by atoms with Gasteiger partial charge in [-0.1, -0.05) is 20.8 Å². The largest absolute Gasteiger partial charge is 0.384 e. The number of likely N-dealkylation sites (tertiary alicyclic amines) is 1. The fraction of sp³-hybridized carbons (Fsp3) is 0.600. The zero-order valence-electron chi connectivity index (χ0n) is 12.0. The van der Waals surface area contributed by atoms with Gasteiger partial charge >= 0.3 is 0 Å². The number of hydrogen-bond acceptors (Lipinski definition) is 3. The van der Waals surface area contributed by atoms with E-state index in [0.717, 1.165) is 31.7 Å². The van der Waals surface area contributed by atoms with Crippen molar-refractivity contribution in [3.05, 3.63) is 24.0 Å². The molecule has 0 radical (unpaired) electrons. The normalized spacial score (nSPS) is 22.6. The van der Waals surface area contributed by atoms with Crippen LogP contribution in [0.2, 0.25) is 0 Å². The minimum Gasteiger partial charge on any atom is -0.384 e. The molecule has 1 aromatic rings. The number of aromatic nitrogens is 1. The van der Waals surface area contributed by atoms with Crippen LogP contribution in [0.15, 0.2) is 18.3 Å². The van der Waals surface area contributed by atoms with Gasteiger partial charge in [0.1, 0.15) is 5.69 Å². The molecule has 0 saturated carbocycles. The van der Waals surface area contributed by atoms with E-state index in [-0.39, 0.29) is 5.91 Å². The number of anilines is 1. The molecule has 2 rings (SSSR count). The Hall–Kier alpha value is -1.58. The van der Waals surface area contributed by atoms with Gasteiger partial charge in [-0.2, -0.15) is 0 Å². The number of nitrogens with zero attached hydrogens (tertiary/aromatic N) is 2. The molecule has 2 unspecified atom stereocenters. The molecule has 104 valence electrons. The molecule has 0 aliphatic carbocycles. The lowest BCUT2D eigenvalue weighted by Crippen LogP contribution is -2.29. The molecule has 0 bridgehead atoms. The fourth-order valence-corrected chi connectivity index (χ4v) is 2.35. The summed E-state index contributed by atoms with van der Waals surface area (Å²) in [6, 6.07) is 3.74. The minimum atomic E-state index is 0.0539. The van der Waals surface area contributed by atoms with Gasteiger partial charge in [-0.25, -0.2) is 4.98 Å². The average molecular weight is 261 g/mol. The Balaban J connectivity index is 2.00. The first kappa shape index (κ1) is 13.8. The van der Waals surface area contributed by atoms with Gasteiger partial charge in [-0.3, -0.25) is 4.79 Å². The first-order valence-corrected chi connectivity index (χ1v) is 7.11. The zero-order valence-corrected chi connectivity index (χ0v) is 12.0. The molecular weight excluding hydrogens is 238 g/mol. The predicted molar refractivity (Wildman–Crippen MR) is 77.2 cm³/mol. The van der Waals surface area contributed by atoms with E-state index in [1.807, 2.05) is 17.0 Å². The van der Waals surface area contributed by atoms with Crippen LogP contribution in [0.5, 0.6) is 0 Å². The summed E-state index contributed by atoms with van der Waals surface area (Å²) in [5.41, 5.74) is 1.52. The van der Waals surface area contributed by atoms with E-state index in [4.69, 9.17) is 0 Å². The Morgan fingerprint density at radius 1 is 1.37 bits per heavy atom. The van der Waals surface area contributed by atoms with Gasteiger partial charge in [0.2, 0.25) is 0 Å². The molecule has 0 aromatic carbocycles. The van der Waals surface area contributed by atoms with E-state index in [0.29, 0.717) is 17.5 Å². The number of carbonyl (C=O) groups excluding carboxylic acids is 1. The van der Waals surface area contributed by atoms with Crippen LogP contribution in [0, 0.1) is 11.8 Å². The SMILES string of the molecule is CCCNc1ccc(C(=O)N2CC(C)C(C)C2)nc1. The third kappa shape index (κ3) is 3.25. The molecule has 1 saturated heterocycles. The Bertz CT molecular complexity index is 420. The van der Waals surface area contributed by atoms with Crippen LogP contribution in [0.25, 0.3) is 0 Å². The first-order chi connectivity index (χ1) is 9.11. The van der Waals surface area contributed by atoms with Crippen LogP contribution >= 0.6 is 0 Å². The van der Waals surface area contributed by atoms with Crippen LogP contribution in [0.4, 0.5) is 5.69 Å². The van der Waals surface area contributed by atoms with Crippen molar-refractivity contribution in [1.82, 2.24) is 9.88 Å². The Morgan fingerprint density at radius 3 is 2.58 bits per heavy atom. The van der Waals surface area contributed by atoms with Crippen molar-refractivity contribution >= 4 is 11.6 Å². The summed E-state index contributed by atoms with van der Waals surface area (Å²) in [5.74, 6) is 1.21. The molecule has 4 heteroatoms. The average Bonchev–Trinajstić information content (AvgIpc) is 2.76. The lowest BCUT2D eigenvalue weighted by Gasteiger charge is -2.15. The first-order valence-electron chi connectivity index (χ1n) is 7.11. The van der Waals surface area contributed by atoms with Crippen LogP contribution in [0.1, 0.15) is 37.7 Å². The second-order valence-corrected chi connectivity index (χ2v) is 5.52. The monoisotopic (exact) mass is 261 g/mol. The minimum absolute atomic E-state index is 0.0539. The predicted octanol–water partition coefficient (Wildman–Crippen LogP) is 2.63. The van der Waals surface area contributed by atoms with Gasteiger partial charge in [-0.15, -0.1) is 0 Å². The van der Waals surface area contributed by atoms with Crippen molar-refractivity contribution in [3.63, 3.8) is 0 Å². The van der Waals surface area contributed by atoms with Gasteiger partial charge in [0.05, 0.1) is 11.9 Å². The van der Waals surface area contributed by atoms with Gasteiger partial charge in [0, 0.05) is 19.6 Å². The van der Waals surface area contributed by atoms with Crippen molar-refractivity contribution in [2.45, 2.75) is 27.2 Å². The maximum Gasteiger partial charge on any atom is 0.272 e. The third-order valence-electron chi connectivity index (χ3n) is 3.84. The summed E-state index contributed by atoms with van der Waals surface area (Å²) >= 11 is 0. The standard InChI is InChI=1S/C15H23N3O/c1-4-7-16-13-5-6-14(17-8-13)15(19)18-9-11(2)12(3)10-18/h5-6,8,11-12,16H,4,7,9-10H2,1-3H3. The van der Waals surface area contributed by atoms with E-state index in [9.17, 15) is 4.79 Å². The molecule has 1 aliphatic rings. The lowest BCUT2D eigenvalue weighted by molar-refractivity contribution is 0.0779. The molecule has 1 N–H and O–H groups in total. The van der Waals surface area contributed by atoms with Gasteiger partial charge in [0.25, 0.3) is 5.91 Å². The maximum absolute atomic E-state index is 12.3. The van der Waals surface area contributed by atoms with Crippen molar-refractivity contribution in [3.8, 4) is 0 Å². The Kier molecular flexibility index (Phi) is 4.40. The number of hydrogen-bond donors (Lipinski definition) is 1. The highest BCUT2D eigenvalue weighted by Gasteiger charge is 2.30. The van der Waals surface area contributed by atoms with Crippen molar-refractivity contribution in [2.75, 3.05) is 25.0 Å². The van der Waals surface area contributed by atoms with Gasteiger partial charge < -0.3 is 10.2 Å². The highest BCUT2D eigenvalue weighted by molar-refractivity contribution is 5.92. The van der Waals surface area contributed by atoms with Crippen LogP contribution in [-0.4, -0.2) is 35.4 Å². The van der Waals surface area contributed by atoms with E-state index in [1.165, 1.54) is 0 Å². The number of rotatable bonds is 4. The fourth-order valence-electron chi connectivity index (χ4n) is 2.35. The summed E-state index contributed by atoms with van der Waals surface area (Å²) in [6.07, 6.45) is 2.82. The summed E-state index contributed by atoms with van der Waals surface area (Å²) in [4.78, 5) is 18.5. The molecule has 2 atom stereocenters. The second-order valence-electron chi connectivity index (χ2n) is 5.52. The van der Waals surface area contributed by atoms with Crippen LogP contribution in [0.3, 0.4) is 0 Å². The van der Waals surface area contributed by atoms with Gasteiger partial charge in [0.15, 0.2) is 0 Å². The topological polar surface area (TPSA) is 45.2 Å². The lowest BCUT2D eigenvalue weighted by atomic mass is 10.0. The summed E-state index contributed by atoms with van der Waals surface area (Å²) < 4.78 is 0. The van der Waals surface area contributed by atoms with E-state index in [2.05, 4.69) is 31.1 Å². The second kappa shape index (κ2) is 6.04. The summed E-state index contributed by atoms with van der Waals surface area (Å²) in [7, 11) is 0. The smallest absolute Gasteiger partial charge is 0.272 e. The highest BCUT2D eigenvalue weighted by atomic mass is 16.2. The summed E-state index contributed by atoms with van der Waals surface area (Å²) in [6.45, 7) is 9.13. The molecule has 2 heterocycles. The molecular formula is C15H23N3O. The third-order valence-corrected chi connectivity index (χ3v) is 3.84. The Labute approximate surface area is 115 Å². The molecule has 1 aromatic heterocycles. The highest BCUT2D eigenvalue weighted by Crippen LogP contribution is 2.23. The van der Waals surface area contributed by atoms with E-state index >= 15 is 0 Å². The maximum atomic E-state index is 12.3. The van der Waals surface area contributed by atoms with Crippen LogP contribution < -0.4 is 5.32 Å². The molecule has 1 aliphatic heterocycles. The van der Waals surface area contributed by atoms with Gasteiger partial charge in [-0.05, 0) is 30.4 Å². The molecule has 4 nitrogen and oxygen atoms in total. The van der Waals surface area contributed by atoms with Crippen molar-refractivity contribution in [2.24, 2.45) is 11.8 Å². The van der Waals surface area contributed by atoms with E-state index < -0.39 is 0 Å². The number of carbonyl (C=O) groups is 1. The zero-order chi connectivity index (χ0) is 13.8. The van der Waals surface area contributed by atoms with E-state index in [1.54, 1.807) is 6.20 Å². The number of amides is 1. The van der Waals surface area contributed by atoms with Crippen LogP contribution in [-0.2, 0) is 0 Å². The number of nitrogens with one attached hydrogen (secondary N) is 1. The van der Waals surface area contributed by atoms with Crippen molar-refractivity contribution in [1.29, 1.82) is 0 Å². The number of pyridine rings is 1. The van der Waals surface area contributed by atoms with Crippen molar-refractivity contribution < 1.29 is 4.79 Å². The molecule has 0 spiro atoms. The quantitative estimate of drug-likeness (QED) is 0.906. The molecule has 1 amide bonds. The molecule has 19 heavy (non-hydrogen) atoms.